The van der Waals surface area contributed by atoms with E-state index in [4.69, 9.17) is 4.74 Å². The normalized spacial score (nSPS) is 12.9. The van der Waals surface area contributed by atoms with Gasteiger partial charge in [0.2, 0.25) is 0 Å². The maximum Gasteiger partial charge on any atom is 0.192 e. The van der Waals surface area contributed by atoms with Crippen LogP contribution >= 0.6 is 11.3 Å². The zero-order chi connectivity index (χ0) is 17.4. The molecule has 1 aromatic carbocycles. The van der Waals surface area contributed by atoms with Gasteiger partial charge < -0.3 is 15.4 Å². The zero-order valence-corrected chi connectivity index (χ0v) is 15.1. The van der Waals surface area contributed by atoms with Crippen molar-refractivity contribution in [2.45, 2.75) is 33.0 Å². The quantitative estimate of drug-likeness (QED) is 0.589. The molecule has 2 rings (SSSR count). The fourth-order valence-electron chi connectivity index (χ4n) is 2.30. The lowest BCUT2D eigenvalue weighted by Crippen LogP contribution is -2.38. The highest BCUT2D eigenvalue weighted by Crippen LogP contribution is 2.18. The first-order chi connectivity index (χ1) is 11.6. The van der Waals surface area contributed by atoms with Crippen molar-refractivity contribution in [1.82, 2.24) is 10.6 Å². The van der Waals surface area contributed by atoms with Gasteiger partial charge in [-0.15, -0.1) is 11.3 Å². The molecule has 4 nitrogen and oxygen atoms in total. The lowest BCUT2D eigenvalue weighted by Gasteiger charge is -2.16. The Bertz CT molecular complexity index is 658. The Kier molecular flexibility index (Phi) is 7.21. The fraction of sp³-hybridized carbons (Fsp3) is 0.389. The number of nitrogens with one attached hydrogen (secondary N) is 2. The predicted molar refractivity (Wildman–Crippen MR) is 97.8 cm³/mol. The Labute approximate surface area is 146 Å². The average Bonchev–Trinajstić information content (AvgIpc) is 3.10. The summed E-state index contributed by atoms with van der Waals surface area (Å²) in [4.78, 5) is 5.85. The van der Waals surface area contributed by atoms with E-state index in [1.165, 1.54) is 10.9 Å². The molecule has 0 bridgehead atoms. The van der Waals surface area contributed by atoms with Crippen molar-refractivity contribution in [2.24, 2.45) is 4.99 Å². The minimum atomic E-state index is -0.249. The molecule has 24 heavy (non-hydrogen) atoms. The molecule has 0 fully saturated rings. The summed E-state index contributed by atoms with van der Waals surface area (Å²) < 4.78 is 18.7. The largest absolute Gasteiger partial charge is 0.380 e. The van der Waals surface area contributed by atoms with Crippen LogP contribution in [0.4, 0.5) is 4.39 Å². The molecule has 0 aliphatic heterocycles. The maximum atomic E-state index is 13.7. The molecule has 1 heterocycles. The zero-order valence-electron chi connectivity index (χ0n) is 14.3. The summed E-state index contributed by atoms with van der Waals surface area (Å²) in [5.74, 6) is 0.497. The Hall–Kier alpha value is -1.92. The van der Waals surface area contributed by atoms with Crippen LogP contribution in [0.15, 0.2) is 40.7 Å². The third kappa shape index (κ3) is 5.32. The number of benzene rings is 1. The van der Waals surface area contributed by atoms with Gasteiger partial charge in [-0.1, -0.05) is 12.1 Å². The molecule has 0 saturated heterocycles. The molecule has 0 radical (unpaired) electrons. The van der Waals surface area contributed by atoms with Gasteiger partial charge in [-0.3, -0.25) is 0 Å². The number of hydrogen-bond donors (Lipinski definition) is 2. The molecule has 0 amide bonds. The minimum Gasteiger partial charge on any atom is -0.380 e. The molecule has 0 aliphatic rings. The fourth-order valence-corrected chi connectivity index (χ4v) is 3.03. The van der Waals surface area contributed by atoms with Crippen LogP contribution in [0.3, 0.4) is 0 Å². The van der Waals surface area contributed by atoms with Gasteiger partial charge in [0.15, 0.2) is 5.96 Å². The Morgan fingerprint density at radius 2 is 2.21 bits per heavy atom. The molecule has 0 aliphatic carbocycles. The first-order valence-electron chi connectivity index (χ1n) is 7.98. The number of thiophene rings is 1. The van der Waals surface area contributed by atoms with Crippen molar-refractivity contribution in [2.75, 3.05) is 13.7 Å². The number of ether oxygens (including phenoxy) is 1. The molecule has 6 heteroatoms. The molecule has 0 spiro atoms. The SMILES string of the molecule is CCNC(=NCc1ccc(F)c(COC)c1)NC(C)c1cccs1. The maximum absolute atomic E-state index is 13.7. The molecule has 2 N–H and O–H groups in total. The molecular formula is C18H24FN3OS. The molecule has 1 unspecified atom stereocenters. The lowest BCUT2D eigenvalue weighted by molar-refractivity contribution is 0.181. The third-order valence-electron chi connectivity index (χ3n) is 3.50. The predicted octanol–water partition coefficient (Wildman–Crippen LogP) is 3.85. The van der Waals surface area contributed by atoms with Gasteiger partial charge in [-0.2, -0.15) is 0 Å². The van der Waals surface area contributed by atoms with Crippen molar-refractivity contribution in [3.63, 3.8) is 0 Å². The highest BCUT2D eigenvalue weighted by atomic mass is 32.1. The molecule has 130 valence electrons. The number of methoxy groups -OCH3 is 1. The number of nitrogens with zero attached hydrogens (tertiary/aromatic N) is 1. The smallest absolute Gasteiger partial charge is 0.192 e. The van der Waals surface area contributed by atoms with Gasteiger partial charge in [-0.25, -0.2) is 9.38 Å². The number of aliphatic imine (C=N–C) groups is 1. The number of guanidine groups is 1. The summed E-state index contributed by atoms with van der Waals surface area (Å²) in [6, 6.07) is 9.34. The Morgan fingerprint density at radius 3 is 2.88 bits per heavy atom. The van der Waals surface area contributed by atoms with E-state index in [0.717, 1.165) is 18.1 Å². The van der Waals surface area contributed by atoms with E-state index >= 15 is 0 Å². The Balaban J connectivity index is 2.06. The summed E-state index contributed by atoms with van der Waals surface area (Å²) in [7, 11) is 1.56. The Morgan fingerprint density at radius 1 is 1.38 bits per heavy atom. The van der Waals surface area contributed by atoms with Crippen LogP contribution in [0.5, 0.6) is 0 Å². The van der Waals surface area contributed by atoms with Crippen molar-refractivity contribution < 1.29 is 9.13 Å². The van der Waals surface area contributed by atoms with Crippen LogP contribution in [0.2, 0.25) is 0 Å². The van der Waals surface area contributed by atoms with E-state index in [9.17, 15) is 4.39 Å². The van der Waals surface area contributed by atoms with Gasteiger partial charge in [0.25, 0.3) is 0 Å². The van der Waals surface area contributed by atoms with Gasteiger partial charge in [-0.05, 0) is 43.0 Å². The van der Waals surface area contributed by atoms with E-state index in [2.05, 4.69) is 34.0 Å². The van der Waals surface area contributed by atoms with Crippen LogP contribution in [-0.2, 0) is 17.9 Å². The molecule has 0 saturated carbocycles. The lowest BCUT2D eigenvalue weighted by atomic mass is 10.1. The second-order valence-corrected chi connectivity index (χ2v) is 6.41. The number of rotatable bonds is 7. The molecular weight excluding hydrogens is 325 g/mol. The van der Waals surface area contributed by atoms with Crippen molar-refractivity contribution in [3.8, 4) is 0 Å². The molecule has 2 aromatic rings. The highest BCUT2D eigenvalue weighted by Gasteiger charge is 2.09. The van der Waals surface area contributed by atoms with Crippen LogP contribution in [-0.4, -0.2) is 19.6 Å². The minimum absolute atomic E-state index is 0.181. The van der Waals surface area contributed by atoms with Gasteiger partial charge in [0, 0.05) is 24.1 Å². The standard InChI is InChI=1S/C18H24FN3OS/c1-4-20-18(22-13(2)17-6-5-9-24-17)21-11-14-7-8-16(19)15(10-14)12-23-3/h5-10,13H,4,11-12H2,1-3H3,(H2,20,21,22). The molecule has 1 aromatic heterocycles. The van der Waals surface area contributed by atoms with E-state index in [-0.39, 0.29) is 18.5 Å². The first-order valence-corrected chi connectivity index (χ1v) is 8.86. The third-order valence-corrected chi connectivity index (χ3v) is 4.55. The van der Waals surface area contributed by atoms with E-state index in [0.29, 0.717) is 12.1 Å². The summed E-state index contributed by atoms with van der Waals surface area (Å²) in [6.45, 7) is 5.65. The van der Waals surface area contributed by atoms with Crippen molar-refractivity contribution in [1.29, 1.82) is 0 Å². The van der Waals surface area contributed by atoms with Gasteiger partial charge >= 0.3 is 0 Å². The summed E-state index contributed by atoms with van der Waals surface area (Å²) in [5, 5.41) is 8.70. The van der Waals surface area contributed by atoms with Gasteiger partial charge in [0.05, 0.1) is 19.2 Å². The van der Waals surface area contributed by atoms with E-state index in [1.54, 1.807) is 30.6 Å². The van der Waals surface area contributed by atoms with Gasteiger partial charge in [0.1, 0.15) is 5.82 Å². The van der Waals surface area contributed by atoms with Crippen molar-refractivity contribution >= 4 is 17.3 Å². The summed E-state index contributed by atoms with van der Waals surface area (Å²) in [5.41, 5.74) is 1.50. The summed E-state index contributed by atoms with van der Waals surface area (Å²) in [6.07, 6.45) is 0. The van der Waals surface area contributed by atoms with E-state index < -0.39 is 0 Å². The van der Waals surface area contributed by atoms with Crippen LogP contribution < -0.4 is 10.6 Å². The second kappa shape index (κ2) is 9.39. The molecule has 1 atom stereocenters. The van der Waals surface area contributed by atoms with Crippen LogP contribution in [0.25, 0.3) is 0 Å². The summed E-state index contributed by atoms with van der Waals surface area (Å²) >= 11 is 1.71. The first kappa shape index (κ1) is 18.4. The van der Waals surface area contributed by atoms with Crippen molar-refractivity contribution in [3.05, 3.63) is 57.5 Å². The van der Waals surface area contributed by atoms with Crippen LogP contribution in [0.1, 0.15) is 35.9 Å². The highest BCUT2D eigenvalue weighted by molar-refractivity contribution is 7.10. The second-order valence-electron chi connectivity index (χ2n) is 5.44. The number of halogens is 1. The average molecular weight is 349 g/mol. The van der Waals surface area contributed by atoms with E-state index in [1.807, 2.05) is 13.0 Å². The topological polar surface area (TPSA) is 45.7 Å². The number of hydrogen-bond acceptors (Lipinski definition) is 3. The monoisotopic (exact) mass is 349 g/mol. The van der Waals surface area contributed by atoms with Crippen LogP contribution in [0, 0.1) is 5.82 Å².